The third-order valence-corrected chi connectivity index (χ3v) is 7.77. The molecule has 12 heteroatoms. The van der Waals surface area contributed by atoms with E-state index in [9.17, 15) is 26.7 Å². The summed E-state index contributed by atoms with van der Waals surface area (Å²) in [7, 11) is -7.86. The van der Waals surface area contributed by atoms with Crippen molar-refractivity contribution in [3.05, 3.63) is 24.3 Å². The molecule has 166 valence electrons. The maximum absolute atomic E-state index is 13.1. The van der Waals surface area contributed by atoms with Crippen LogP contribution in [0.5, 0.6) is 5.75 Å². The van der Waals surface area contributed by atoms with Crippen molar-refractivity contribution in [2.24, 2.45) is 5.73 Å². The molecule has 1 aliphatic heterocycles. The van der Waals surface area contributed by atoms with Crippen LogP contribution >= 0.6 is 0 Å². The SMILES string of the molecule is CC(N)C#CCOc1ccc(S(=O)(=O)N2CCN(S(C)(=O)=O)C(C)C2C(=O)O)cc1. The predicted octanol–water partition coefficient (Wildman–Crippen LogP) is -0.476. The van der Waals surface area contributed by atoms with Gasteiger partial charge < -0.3 is 15.6 Å². The molecular weight excluding hydrogens is 434 g/mol. The molecule has 0 aromatic heterocycles. The molecule has 2 rings (SSSR count). The second-order valence-corrected chi connectivity index (χ2v) is 10.7. The molecule has 0 bridgehead atoms. The maximum atomic E-state index is 13.1. The average molecular weight is 460 g/mol. The lowest BCUT2D eigenvalue weighted by Crippen LogP contribution is -2.63. The minimum absolute atomic E-state index is 0.0830. The van der Waals surface area contributed by atoms with E-state index in [1.807, 2.05) is 0 Å². The third-order valence-electron chi connectivity index (χ3n) is 4.51. The number of ether oxygens (including phenoxy) is 1. The highest BCUT2D eigenvalue weighted by atomic mass is 32.2. The van der Waals surface area contributed by atoms with E-state index in [1.165, 1.54) is 31.2 Å². The fraction of sp³-hybridized carbons (Fsp3) is 0.500. The van der Waals surface area contributed by atoms with Crippen LogP contribution in [0.25, 0.3) is 0 Å². The highest BCUT2D eigenvalue weighted by Gasteiger charge is 2.47. The Balaban J connectivity index is 2.25. The fourth-order valence-electron chi connectivity index (χ4n) is 3.17. The monoisotopic (exact) mass is 459 g/mol. The van der Waals surface area contributed by atoms with Gasteiger partial charge in [-0.25, -0.2) is 16.8 Å². The number of aliphatic carboxylic acids is 1. The second-order valence-electron chi connectivity index (χ2n) is 6.88. The third kappa shape index (κ3) is 5.50. The number of nitrogens with zero attached hydrogens (tertiary/aromatic N) is 2. The van der Waals surface area contributed by atoms with Crippen molar-refractivity contribution >= 4 is 26.0 Å². The summed E-state index contributed by atoms with van der Waals surface area (Å²) in [5, 5.41) is 9.61. The van der Waals surface area contributed by atoms with Crippen molar-refractivity contribution < 1.29 is 31.5 Å². The Hall–Kier alpha value is -2.17. The van der Waals surface area contributed by atoms with Gasteiger partial charge in [-0.1, -0.05) is 11.8 Å². The van der Waals surface area contributed by atoms with Crippen LogP contribution in [0.1, 0.15) is 13.8 Å². The van der Waals surface area contributed by atoms with Gasteiger partial charge in [0.05, 0.1) is 17.2 Å². The number of piperazine rings is 1. The van der Waals surface area contributed by atoms with Gasteiger partial charge in [-0.05, 0) is 38.1 Å². The Labute approximate surface area is 176 Å². The molecule has 0 aliphatic carbocycles. The molecule has 3 N–H and O–H groups in total. The molecule has 1 fully saturated rings. The van der Waals surface area contributed by atoms with Crippen molar-refractivity contribution in [1.29, 1.82) is 0 Å². The van der Waals surface area contributed by atoms with E-state index in [0.29, 0.717) is 5.75 Å². The van der Waals surface area contributed by atoms with Gasteiger partial charge in [0.15, 0.2) is 0 Å². The molecule has 0 radical (unpaired) electrons. The zero-order chi connectivity index (χ0) is 22.7. The minimum Gasteiger partial charge on any atom is -0.481 e. The quantitative estimate of drug-likeness (QED) is 0.542. The summed E-state index contributed by atoms with van der Waals surface area (Å²) < 4.78 is 57.2. The summed E-state index contributed by atoms with van der Waals surface area (Å²) >= 11 is 0. The van der Waals surface area contributed by atoms with Crippen LogP contribution in [0.15, 0.2) is 29.2 Å². The van der Waals surface area contributed by atoms with E-state index in [2.05, 4.69) is 11.8 Å². The van der Waals surface area contributed by atoms with Crippen LogP contribution in [0.3, 0.4) is 0 Å². The van der Waals surface area contributed by atoms with Crippen molar-refractivity contribution in [3.63, 3.8) is 0 Å². The predicted molar refractivity (Wildman–Crippen MR) is 110 cm³/mol. The summed E-state index contributed by atoms with van der Waals surface area (Å²) in [5.74, 6) is 4.42. The van der Waals surface area contributed by atoms with Gasteiger partial charge in [0.25, 0.3) is 0 Å². The molecule has 1 saturated heterocycles. The molecular formula is C18H25N3O7S2. The van der Waals surface area contributed by atoms with Crippen molar-refractivity contribution in [1.82, 2.24) is 8.61 Å². The molecule has 1 aromatic rings. The Kier molecular flexibility index (Phi) is 7.49. The number of rotatable bonds is 6. The molecule has 1 aromatic carbocycles. The van der Waals surface area contributed by atoms with Crippen LogP contribution in [-0.2, 0) is 24.8 Å². The van der Waals surface area contributed by atoms with Crippen LogP contribution in [-0.4, -0.2) is 80.6 Å². The normalized spacial score (nSPS) is 22.0. The van der Waals surface area contributed by atoms with Gasteiger partial charge in [-0.3, -0.25) is 4.79 Å². The summed E-state index contributed by atoms with van der Waals surface area (Å²) in [6, 6.07) is 2.58. The van der Waals surface area contributed by atoms with Gasteiger partial charge in [0.2, 0.25) is 20.0 Å². The molecule has 1 aliphatic rings. The first-order valence-electron chi connectivity index (χ1n) is 9.04. The van der Waals surface area contributed by atoms with Crippen molar-refractivity contribution in [2.45, 2.75) is 36.9 Å². The number of nitrogens with two attached hydrogens (primary N) is 1. The van der Waals surface area contributed by atoms with Crippen LogP contribution < -0.4 is 10.5 Å². The van der Waals surface area contributed by atoms with Gasteiger partial charge in [0.1, 0.15) is 18.4 Å². The summed E-state index contributed by atoms with van der Waals surface area (Å²) in [4.78, 5) is 11.7. The van der Waals surface area contributed by atoms with Gasteiger partial charge in [-0.2, -0.15) is 8.61 Å². The highest BCUT2D eigenvalue weighted by molar-refractivity contribution is 7.89. The van der Waals surface area contributed by atoms with E-state index in [1.54, 1.807) is 6.92 Å². The topological polar surface area (TPSA) is 147 Å². The maximum Gasteiger partial charge on any atom is 0.323 e. The van der Waals surface area contributed by atoms with E-state index < -0.39 is 38.1 Å². The molecule has 0 saturated carbocycles. The van der Waals surface area contributed by atoms with Gasteiger partial charge in [-0.15, -0.1) is 0 Å². The number of sulfonamides is 2. The lowest BCUT2D eigenvalue weighted by molar-refractivity contribution is -0.144. The minimum atomic E-state index is -4.18. The molecule has 1 heterocycles. The zero-order valence-corrected chi connectivity index (χ0v) is 18.5. The largest absolute Gasteiger partial charge is 0.481 e. The number of carboxylic acids is 1. The lowest BCUT2D eigenvalue weighted by atomic mass is 10.1. The Bertz CT molecular complexity index is 1040. The molecule has 0 spiro atoms. The van der Waals surface area contributed by atoms with Crippen LogP contribution in [0.4, 0.5) is 0 Å². The Morgan fingerprint density at radius 2 is 1.80 bits per heavy atom. The zero-order valence-electron chi connectivity index (χ0n) is 16.8. The fourth-order valence-corrected chi connectivity index (χ4v) is 5.94. The van der Waals surface area contributed by atoms with E-state index in [-0.39, 0.29) is 30.6 Å². The van der Waals surface area contributed by atoms with E-state index >= 15 is 0 Å². The molecule has 0 amide bonds. The summed E-state index contributed by atoms with van der Waals surface area (Å²) in [6.45, 7) is 2.78. The average Bonchev–Trinajstić information content (AvgIpc) is 2.63. The number of carboxylic acid groups (broad SMARTS) is 1. The van der Waals surface area contributed by atoms with Gasteiger partial charge in [0, 0.05) is 19.1 Å². The summed E-state index contributed by atoms with van der Waals surface area (Å²) in [6.07, 6.45) is 0.962. The second kappa shape index (κ2) is 9.32. The highest BCUT2D eigenvalue weighted by Crippen LogP contribution is 2.27. The van der Waals surface area contributed by atoms with E-state index in [4.69, 9.17) is 10.5 Å². The molecule has 3 unspecified atom stereocenters. The Morgan fingerprint density at radius 3 is 2.30 bits per heavy atom. The van der Waals surface area contributed by atoms with Crippen molar-refractivity contribution in [3.8, 4) is 17.6 Å². The Morgan fingerprint density at radius 1 is 1.23 bits per heavy atom. The van der Waals surface area contributed by atoms with Gasteiger partial charge >= 0.3 is 5.97 Å². The van der Waals surface area contributed by atoms with Crippen molar-refractivity contribution in [2.75, 3.05) is 26.0 Å². The molecule has 3 atom stereocenters. The first-order chi connectivity index (χ1) is 13.9. The standard InChI is InChI=1S/C18H25N3O7S2/c1-13(19)5-4-12-28-15-6-8-16(9-7-15)30(26,27)21-11-10-20(29(3,24)25)14(2)17(21)18(22)23/h6-9,13-14,17H,10-12,19H2,1-3H3,(H,22,23). The van der Waals surface area contributed by atoms with Crippen LogP contribution in [0, 0.1) is 11.8 Å². The first-order valence-corrected chi connectivity index (χ1v) is 12.3. The number of hydrogen-bond donors (Lipinski definition) is 2. The first kappa shape index (κ1) is 24.1. The number of benzene rings is 1. The molecule has 10 nitrogen and oxygen atoms in total. The summed E-state index contributed by atoms with van der Waals surface area (Å²) in [5.41, 5.74) is 5.51. The molecule has 30 heavy (non-hydrogen) atoms. The lowest BCUT2D eigenvalue weighted by Gasteiger charge is -2.42. The smallest absolute Gasteiger partial charge is 0.323 e. The number of carbonyl (C=O) groups is 1. The number of hydrogen-bond acceptors (Lipinski definition) is 7. The van der Waals surface area contributed by atoms with E-state index in [0.717, 1.165) is 14.9 Å². The van der Waals surface area contributed by atoms with Crippen LogP contribution in [0.2, 0.25) is 0 Å².